The van der Waals surface area contributed by atoms with E-state index in [-0.39, 0.29) is 18.7 Å². The first kappa shape index (κ1) is 13.0. The molecule has 0 saturated heterocycles. The van der Waals surface area contributed by atoms with Crippen molar-refractivity contribution in [3.8, 4) is 5.75 Å². The second kappa shape index (κ2) is 5.89. The molecule has 0 bridgehead atoms. The number of carbonyl (C=O) groups excluding carboxylic acids is 1. The van der Waals surface area contributed by atoms with E-state index in [9.17, 15) is 9.59 Å². The van der Waals surface area contributed by atoms with Gasteiger partial charge in [-0.15, -0.1) is 0 Å². The molecule has 0 radical (unpaired) electrons. The molecule has 1 aromatic rings. The quantitative estimate of drug-likeness (QED) is 0.843. The topological polar surface area (TPSA) is 66.8 Å². The molecule has 0 heterocycles. The number of nitrogens with zero attached hydrogens (tertiary/aromatic N) is 1. The fourth-order valence-electron chi connectivity index (χ4n) is 1.42. The molecule has 0 aliphatic rings. The van der Waals surface area contributed by atoms with Crippen molar-refractivity contribution in [2.75, 3.05) is 19.1 Å². The van der Waals surface area contributed by atoms with Crippen molar-refractivity contribution >= 4 is 17.6 Å². The number of hydrogen-bond acceptors (Lipinski definition) is 3. The molecule has 0 atom stereocenters. The molecular formula is C12H15NO4. The van der Waals surface area contributed by atoms with E-state index in [4.69, 9.17) is 9.84 Å². The molecule has 0 saturated carbocycles. The van der Waals surface area contributed by atoms with Crippen LogP contribution in [0.1, 0.15) is 12.8 Å². The number of amides is 1. The van der Waals surface area contributed by atoms with Crippen LogP contribution in [0.25, 0.3) is 0 Å². The number of aliphatic carboxylic acids is 1. The zero-order chi connectivity index (χ0) is 12.8. The number of carboxylic acid groups (broad SMARTS) is 1. The van der Waals surface area contributed by atoms with Gasteiger partial charge in [-0.05, 0) is 12.1 Å². The molecule has 92 valence electrons. The van der Waals surface area contributed by atoms with Crippen molar-refractivity contribution in [2.24, 2.45) is 0 Å². The van der Waals surface area contributed by atoms with Crippen LogP contribution in [0.15, 0.2) is 24.3 Å². The number of carboxylic acids is 1. The first-order chi connectivity index (χ1) is 8.06. The van der Waals surface area contributed by atoms with Crippen LogP contribution in [0.4, 0.5) is 5.69 Å². The van der Waals surface area contributed by atoms with Crippen LogP contribution in [0.3, 0.4) is 0 Å². The van der Waals surface area contributed by atoms with Crippen LogP contribution < -0.4 is 9.64 Å². The van der Waals surface area contributed by atoms with Crippen molar-refractivity contribution < 1.29 is 19.4 Å². The van der Waals surface area contributed by atoms with Crippen LogP contribution in [0.2, 0.25) is 0 Å². The summed E-state index contributed by atoms with van der Waals surface area (Å²) in [6, 6.07) is 7.09. The van der Waals surface area contributed by atoms with Crippen molar-refractivity contribution in [2.45, 2.75) is 12.8 Å². The first-order valence-electron chi connectivity index (χ1n) is 5.17. The molecule has 1 N–H and O–H groups in total. The average molecular weight is 237 g/mol. The van der Waals surface area contributed by atoms with E-state index in [0.29, 0.717) is 11.4 Å². The van der Waals surface area contributed by atoms with Gasteiger partial charge in [0.05, 0.1) is 19.2 Å². The highest BCUT2D eigenvalue weighted by molar-refractivity contribution is 5.95. The Morgan fingerprint density at radius 1 is 1.29 bits per heavy atom. The number of ether oxygens (including phenoxy) is 1. The van der Waals surface area contributed by atoms with E-state index in [2.05, 4.69) is 0 Å². The second-order valence-electron chi connectivity index (χ2n) is 3.52. The van der Waals surface area contributed by atoms with Crippen LogP contribution in [0.5, 0.6) is 5.75 Å². The van der Waals surface area contributed by atoms with Gasteiger partial charge < -0.3 is 14.7 Å². The van der Waals surface area contributed by atoms with Crippen LogP contribution >= 0.6 is 0 Å². The number of benzene rings is 1. The molecule has 0 spiro atoms. The number of para-hydroxylation sites is 2. The predicted molar refractivity (Wildman–Crippen MR) is 63.3 cm³/mol. The van der Waals surface area contributed by atoms with Gasteiger partial charge in [0.25, 0.3) is 0 Å². The molecule has 17 heavy (non-hydrogen) atoms. The lowest BCUT2D eigenvalue weighted by atomic mass is 10.2. The number of rotatable bonds is 5. The minimum absolute atomic E-state index is 0.0239. The smallest absolute Gasteiger partial charge is 0.303 e. The molecule has 1 aromatic carbocycles. The van der Waals surface area contributed by atoms with E-state index < -0.39 is 5.97 Å². The number of hydrogen-bond donors (Lipinski definition) is 1. The summed E-state index contributed by atoms with van der Waals surface area (Å²) in [4.78, 5) is 23.5. The third-order valence-electron chi connectivity index (χ3n) is 2.37. The molecule has 5 nitrogen and oxygen atoms in total. The maximum Gasteiger partial charge on any atom is 0.303 e. The van der Waals surface area contributed by atoms with Crippen molar-refractivity contribution in [3.63, 3.8) is 0 Å². The van der Waals surface area contributed by atoms with Gasteiger partial charge in [-0.1, -0.05) is 12.1 Å². The van der Waals surface area contributed by atoms with Crippen LogP contribution in [-0.2, 0) is 9.59 Å². The van der Waals surface area contributed by atoms with Gasteiger partial charge >= 0.3 is 5.97 Å². The zero-order valence-corrected chi connectivity index (χ0v) is 9.84. The highest BCUT2D eigenvalue weighted by atomic mass is 16.5. The summed E-state index contributed by atoms with van der Waals surface area (Å²) < 4.78 is 5.13. The Kier molecular flexibility index (Phi) is 4.51. The molecule has 1 amide bonds. The van der Waals surface area contributed by atoms with E-state index in [0.717, 1.165) is 0 Å². The Morgan fingerprint density at radius 2 is 1.94 bits per heavy atom. The van der Waals surface area contributed by atoms with E-state index in [1.54, 1.807) is 31.3 Å². The van der Waals surface area contributed by atoms with Gasteiger partial charge in [-0.3, -0.25) is 9.59 Å². The summed E-state index contributed by atoms with van der Waals surface area (Å²) in [6.07, 6.45) is -0.192. The van der Waals surface area contributed by atoms with Gasteiger partial charge in [-0.2, -0.15) is 0 Å². The Hall–Kier alpha value is -2.04. The van der Waals surface area contributed by atoms with Crippen molar-refractivity contribution in [3.05, 3.63) is 24.3 Å². The molecular weight excluding hydrogens is 222 g/mol. The minimum Gasteiger partial charge on any atom is -0.495 e. The Morgan fingerprint density at radius 3 is 2.53 bits per heavy atom. The second-order valence-corrected chi connectivity index (χ2v) is 3.52. The van der Waals surface area contributed by atoms with Gasteiger partial charge in [0.15, 0.2) is 0 Å². The third kappa shape index (κ3) is 3.48. The summed E-state index contributed by atoms with van der Waals surface area (Å²) in [5.41, 5.74) is 0.630. The number of anilines is 1. The number of carbonyl (C=O) groups is 2. The number of methoxy groups -OCH3 is 1. The van der Waals surface area contributed by atoms with Crippen molar-refractivity contribution in [1.29, 1.82) is 0 Å². The molecule has 0 aromatic heterocycles. The van der Waals surface area contributed by atoms with E-state index in [1.807, 2.05) is 0 Å². The molecule has 0 fully saturated rings. The van der Waals surface area contributed by atoms with Crippen LogP contribution in [0, 0.1) is 0 Å². The normalized spacial score (nSPS) is 9.76. The monoisotopic (exact) mass is 237 g/mol. The summed E-state index contributed by atoms with van der Waals surface area (Å²) >= 11 is 0. The minimum atomic E-state index is -0.980. The average Bonchev–Trinajstić information content (AvgIpc) is 2.34. The van der Waals surface area contributed by atoms with Crippen LogP contribution in [-0.4, -0.2) is 31.1 Å². The lowest BCUT2D eigenvalue weighted by Crippen LogP contribution is -2.26. The summed E-state index contributed by atoms with van der Waals surface area (Å²) in [5, 5.41) is 8.52. The SMILES string of the molecule is COc1ccccc1N(C)C(=O)CCC(=O)O. The highest BCUT2D eigenvalue weighted by Gasteiger charge is 2.15. The first-order valence-corrected chi connectivity index (χ1v) is 5.17. The largest absolute Gasteiger partial charge is 0.495 e. The van der Waals surface area contributed by atoms with E-state index in [1.165, 1.54) is 12.0 Å². The van der Waals surface area contributed by atoms with E-state index >= 15 is 0 Å². The summed E-state index contributed by atoms with van der Waals surface area (Å²) in [6.45, 7) is 0. The zero-order valence-electron chi connectivity index (χ0n) is 9.84. The predicted octanol–water partition coefficient (Wildman–Crippen LogP) is 1.52. The van der Waals surface area contributed by atoms with Gasteiger partial charge in [-0.25, -0.2) is 0 Å². The summed E-state index contributed by atoms with van der Waals surface area (Å²) in [5.74, 6) is -0.651. The Bertz CT molecular complexity index is 417. The fraction of sp³-hybridized carbons (Fsp3) is 0.333. The molecule has 0 aliphatic carbocycles. The lowest BCUT2D eigenvalue weighted by molar-refractivity contribution is -0.138. The molecule has 0 aliphatic heterocycles. The summed E-state index contributed by atoms with van der Waals surface area (Å²) in [7, 11) is 3.12. The highest BCUT2D eigenvalue weighted by Crippen LogP contribution is 2.26. The Balaban J connectivity index is 2.77. The fourth-order valence-corrected chi connectivity index (χ4v) is 1.42. The lowest BCUT2D eigenvalue weighted by Gasteiger charge is -2.19. The maximum atomic E-state index is 11.7. The molecule has 5 heteroatoms. The molecule has 1 rings (SSSR count). The van der Waals surface area contributed by atoms with Gasteiger partial charge in [0, 0.05) is 13.5 Å². The van der Waals surface area contributed by atoms with Crippen molar-refractivity contribution in [1.82, 2.24) is 0 Å². The third-order valence-corrected chi connectivity index (χ3v) is 2.37. The standard InChI is InChI=1S/C12H15NO4/c1-13(11(14)7-8-12(15)16)9-5-3-4-6-10(9)17-2/h3-6H,7-8H2,1-2H3,(H,15,16). The van der Waals surface area contributed by atoms with Gasteiger partial charge in [0.2, 0.25) is 5.91 Å². The molecule has 0 unspecified atom stereocenters. The van der Waals surface area contributed by atoms with Gasteiger partial charge in [0.1, 0.15) is 5.75 Å². The Labute approximate surface area is 99.6 Å². The maximum absolute atomic E-state index is 11.7.